The van der Waals surface area contributed by atoms with Gasteiger partial charge >= 0.3 is 0 Å². The Balaban J connectivity index is 2.49. The van der Waals surface area contributed by atoms with Gasteiger partial charge in [0.15, 0.2) is 17.5 Å². The number of rotatable bonds is 2. The average molecular weight is 255 g/mol. The summed E-state index contributed by atoms with van der Waals surface area (Å²) in [6, 6.07) is 2.76. The second kappa shape index (κ2) is 4.49. The fraction of sp³-hybridized carbons (Fsp3) is 0.231. The summed E-state index contributed by atoms with van der Waals surface area (Å²) in [5.41, 5.74) is 6.32. The van der Waals surface area contributed by atoms with Gasteiger partial charge in [-0.3, -0.25) is 0 Å². The van der Waals surface area contributed by atoms with Crippen molar-refractivity contribution in [3.8, 4) is 0 Å². The van der Waals surface area contributed by atoms with Crippen molar-refractivity contribution in [1.29, 1.82) is 0 Å². The Labute approximate surface area is 102 Å². The van der Waals surface area contributed by atoms with E-state index in [0.29, 0.717) is 17.1 Å². The maximum Gasteiger partial charge on any atom is 0.194 e. The molecule has 18 heavy (non-hydrogen) atoms. The molecule has 0 saturated carbocycles. The molecule has 2 aromatic rings. The summed E-state index contributed by atoms with van der Waals surface area (Å²) < 4.78 is 44.9. The molecule has 0 radical (unpaired) electrons. The lowest BCUT2D eigenvalue weighted by Gasteiger charge is -2.12. The molecular formula is C13H12F3NO. The highest BCUT2D eigenvalue weighted by atomic mass is 19.2. The molecule has 2 rings (SSSR count). The van der Waals surface area contributed by atoms with Crippen LogP contribution in [0.4, 0.5) is 13.2 Å². The van der Waals surface area contributed by atoms with Crippen molar-refractivity contribution >= 4 is 0 Å². The number of hydrogen-bond donors (Lipinski definition) is 1. The fourth-order valence-electron chi connectivity index (χ4n) is 1.91. The Bertz CT molecular complexity index is 592. The van der Waals surface area contributed by atoms with Crippen molar-refractivity contribution in [1.82, 2.24) is 0 Å². The van der Waals surface area contributed by atoms with Crippen LogP contribution < -0.4 is 5.73 Å². The van der Waals surface area contributed by atoms with Crippen LogP contribution in [0.25, 0.3) is 0 Å². The van der Waals surface area contributed by atoms with Crippen molar-refractivity contribution in [2.24, 2.45) is 5.73 Å². The van der Waals surface area contributed by atoms with E-state index < -0.39 is 23.5 Å². The normalized spacial score (nSPS) is 12.8. The topological polar surface area (TPSA) is 39.2 Å². The molecule has 0 aliphatic rings. The van der Waals surface area contributed by atoms with Crippen LogP contribution >= 0.6 is 0 Å². The van der Waals surface area contributed by atoms with Crippen LogP contribution in [0.1, 0.15) is 28.7 Å². The quantitative estimate of drug-likeness (QED) is 0.836. The van der Waals surface area contributed by atoms with Crippen molar-refractivity contribution in [3.63, 3.8) is 0 Å². The van der Waals surface area contributed by atoms with Gasteiger partial charge in [-0.2, -0.15) is 0 Å². The standard InChI is InChI=1S/C13H12F3NO/c1-6-5-9(7(2)18-6)13(17)8-3-4-10(14)12(16)11(8)15/h3-5,13H,17H2,1-2H3. The Morgan fingerprint density at radius 1 is 1.06 bits per heavy atom. The second-order valence-electron chi connectivity index (χ2n) is 4.11. The predicted molar refractivity (Wildman–Crippen MR) is 60.5 cm³/mol. The minimum absolute atomic E-state index is 0.0993. The zero-order valence-corrected chi connectivity index (χ0v) is 9.93. The molecule has 1 atom stereocenters. The first-order valence-electron chi connectivity index (χ1n) is 5.37. The number of furan rings is 1. The van der Waals surface area contributed by atoms with Gasteiger partial charge in [0.2, 0.25) is 0 Å². The number of nitrogens with two attached hydrogens (primary N) is 1. The monoisotopic (exact) mass is 255 g/mol. The highest BCUT2D eigenvalue weighted by Gasteiger charge is 2.22. The molecule has 2 N–H and O–H groups in total. The van der Waals surface area contributed by atoms with Crippen molar-refractivity contribution < 1.29 is 17.6 Å². The van der Waals surface area contributed by atoms with E-state index in [1.54, 1.807) is 19.9 Å². The van der Waals surface area contributed by atoms with Crippen molar-refractivity contribution in [3.05, 3.63) is 58.3 Å². The molecule has 0 bridgehead atoms. The number of hydrogen-bond acceptors (Lipinski definition) is 2. The summed E-state index contributed by atoms with van der Waals surface area (Å²) >= 11 is 0. The summed E-state index contributed by atoms with van der Waals surface area (Å²) in [6.45, 7) is 3.41. The van der Waals surface area contributed by atoms with Crippen LogP contribution in [0, 0.1) is 31.3 Å². The van der Waals surface area contributed by atoms with E-state index in [4.69, 9.17) is 10.2 Å². The van der Waals surface area contributed by atoms with Gasteiger partial charge in [-0.25, -0.2) is 13.2 Å². The van der Waals surface area contributed by atoms with Gasteiger partial charge in [-0.15, -0.1) is 0 Å². The van der Waals surface area contributed by atoms with E-state index >= 15 is 0 Å². The lowest BCUT2D eigenvalue weighted by molar-refractivity contribution is 0.438. The lowest BCUT2D eigenvalue weighted by Crippen LogP contribution is -2.15. The summed E-state index contributed by atoms with van der Waals surface area (Å²) in [5.74, 6) is -2.85. The van der Waals surface area contributed by atoms with Crippen LogP contribution in [-0.2, 0) is 0 Å². The van der Waals surface area contributed by atoms with Crippen LogP contribution in [-0.4, -0.2) is 0 Å². The van der Waals surface area contributed by atoms with Crippen LogP contribution in [0.2, 0.25) is 0 Å². The number of benzene rings is 1. The molecule has 5 heteroatoms. The minimum Gasteiger partial charge on any atom is -0.466 e. The Hall–Kier alpha value is -1.75. The highest BCUT2D eigenvalue weighted by Crippen LogP contribution is 2.28. The summed E-state index contributed by atoms with van der Waals surface area (Å²) in [7, 11) is 0. The predicted octanol–water partition coefficient (Wildman–Crippen LogP) is 3.36. The Kier molecular flexibility index (Phi) is 3.17. The highest BCUT2D eigenvalue weighted by molar-refractivity contribution is 5.35. The first-order chi connectivity index (χ1) is 8.41. The van der Waals surface area contributed by atoms with Crippen molar-refractivity contribution in [2.75, 3.05) is 0 Å². The molecule has 1 unspecified atom stereocenters. The van der Waals surface area contributed by atoms with E-state index in [1.165, 1.54) is 0 Å². The van der Waals surface area contributed by atoms with Gasteiger partial charge in [0.05, 0.1) is 6.04 Å². The summed E-state index contributed by atoms with van der Waals surface area (Å²) in [4.78, 5) is 0. The molecule has 1 aromatic carbocycles. The average Bonchev–Trinajstić information content (AvgIpc) is 2.65. The molecule has 0 saturated heterocycles. The third-order valence-corrected chi connectivity index (χ3v) is 2.81. The van der Waals surface area contributed by atoms with Gasteiger partial charge in [-0.05, 0) is 26.0 Å². The Morgan fingerprint density at radius 2 is 1.72 bits per heavy atom. The van der Waals surface area contributed by atoms with Crippen molar-refractivity contribution in [2.45, 2.75) is 19.9 Å². The molecule has 96 valence electrons. The molecule has 1 aromatic heterocycles. The molecule has 0 fully saturated rings. The van der Waals surface area contributed by atoms with Crippen LogP contribution in [0.15, 0.2) is 22.6 Å². The largest absolute Gasteiger partial charge is 0.466 e. The van der Waals surface area contributed by atoms with E-state index in [1.807, 2.05) is 0 Å². The molecule has 2 nitrogen and oxygen atoms in total. The molecule has 1 heterocycles. The van der Waals surface area contributed by atoms with Gasteiger partial charge in [0.25, 0.3) is 0 Å². The zero-order chi connectivity index (χ0) is 13.4. The SMILES string of the molecule is Cc1cc(C(N)c2ccc(F)c(F)c2F)c(C)o1. The van der Waals surface area contributed by atoms with E-state index in [-0.39, 0.29) is 5.56 Å². The first kappa shape index (κ1) is 12.7. The third-order valence-electron chi connectivity index (χ3n) is 2.81. The zero-order valence-electron chi connectivity index (χ0n) is 9.93. The summed E-state index contributed by atoms with van der Waals surface area (Å²) in [6.07, 6.45) is 0. The maximum absolute atomic E-state index is 13.6. The van der Waals surface area contributed by atoms with Gasteiger partial charge in [-0.1, -0.05) is 6.07 Å². The van der Waals surface area contributed by atoms with Crippen LogP contribution in [0.5, 0.6) is 0 Å². The third kappa shape index (κ3) is 2.01. The van der Waals surface area contributed by atoms with E-state index in [9.17, 15) is 13.2 Å². The first-order valence-corrected chi connectivity index (χ1v) is 5.37. The molecular weight excluding hydrogens is 243 g/mol. The molecule has 0 aliphatic carbocycles. The molecule has 0 spiro atoms. The van der Waals surface area contributed by atoms with Gasteiger partial charge < -0.3 is 10.2 Å². The van der Waals surface area contributed by atoms with E-state index in [2.05, 4.69) is 0 Å². The number of aryl methyl sites for hydroxylation is 2. The maximum atomic E-state index is 13.6. The van der Waals surface area contributed by atoms with Gasteiger partial charge in [0.1, 0.15) is 11.5 Å². The minimum atomic E-state index is -1.51. The number of halogens is 3. The second-order valence-corrected chi connectivity index (χ2v) is 4.11. The van der Waals surface area contributed by atoms with Crippen LogP contribution in [0.3, 0.4) is 0 Å². The lowest BCUT2D eigenvalue weighted by atomic mass is 9.99. The Morgan fingerprint density at radius 3 is 2.28 bits per heavy atom. The summed E-state index contributed by atoms with van der Waals surface area (Å²) in [5, 5.41) is 0. The molecule has 0 aliphatic heterocycles. The molecule has 0 amide bonds. The van der Waals surface area contributed by atoms with E-state index in [0.717, 1.165) is 12.1 Å². The van der Waals surface area contributed by atoms with Gasteiger partial charge in [0, 0.05) is 11.1 Å². The fourth-order valence-corrected chi connectivity index (χ4v) is 1.91. The smallest absolute Gasteiger partial charge is 0.194 e.